The molecule has 4 bridgehead atoms. The van der Waals surface area contributed by atoms with E-state index in [0.717, 1.165) is 48.5 Å². The highest BCUT2D eigenvalue weighted by Crippen LogP contribution is 2.60. The Kier molecular flexibility index (Phi) is 3.02. The Morgan fingerprint density at radius 3 is 2.21 bits per heavy atom. The van der Waals surface area contributed by atoms with Crippen LogP contribution in [0.2, 0.25) is 0 Å². The topological polar surface area (TPSA) is 72.7 Å². The van der Waals surface area contributed by atoms with Crippen molar-refractivity contribution in [1.29, 1.82) is 0 Å². The lowest BCUT2D eigenvalue weighted by atomic mass is 9.49. The molecule has 6 heteroatoms. The maximum atomic E-state index is 13.0. The van der Waals surface area contributed by atoms with Gasteiger partial charge >= 0.3 is 0 Å². The molecular formula is C18H21N5O. The molecule has 0 spiro atoms. The van der Waals surface area contributed by atoms with Gasteiger partial charge in [-0.05, 0) is 68.4 Å². The highest BCUT2D eigenvalue weighted by atomic mass is 16.2. The van der Waals surface area contributed by atoms with Crippen molar-refractivity contribution in [3.05, 3.63) is 31.0 Å². The van der Waals surface area contributed by atoms with Crippen LogP contribution in [0.4, 0.5) is 5.69 Å². The predicted molar refractivity (Wildman–Crippen MR) is 88.4 cm³/mol. The van der Waals surface area contributed by atoms with Crippen LogP contribution >= 0.6 is 0 Å². The number of pyridine rings is 1. The first-order valence-corrected chi connectivity index (χ1v) is 8.83. The SMILES string of the molecule is O=C(Nc1ccc(-n2cnnc2)nc1)C12CC3CC(CC(C3)C1)C2. The molecule has 1 N–H and O–H groups in total. The molecule has 4 saturated carbocycles. The summed E-state index contributed by atoms with van der Waals surface area (Å²) in [5, 5.41) is 10.7. The second-order valence-electron chi connectivity index (χ2n) is 7.93. The molecule has 0 saturated heterocycles. The first kappa shape index (κ1) is 14.1. The fourth-order valence-corrected chi connectivity index (χ4v) is 5.58. The number of hydrogen-bond acceptors (Lipinski definition) is 4. The monoisotopic (exact) mass is 323 g/mol. The molecule has 2 aromatic rings. The molecule has 124 valence electrons. The smallest absolute Gasteiger partial charge is 0.230 e. The molecule has 0 radical (unpaired) electrons. The van der Waals surface area contributed by atoms with Crippen molar-refractivity contribution < 1.29 is 4.79 Å². The molecule has 4 aliphatic rings. The molecule has 0 atom stereocenters. The van der Waals surface area contributed by atoms with E-state index in [1.165, 1.54) is 19.3 Å². The van der Waals surface area contributed by atoms with Gasteiger partial charge in [-0.1, -0.05) is 0 Å². The molecule has 4 aliphatic carbocycles. The summed E-state index contributed by atoms with van der Waals surface area (Å²) in [6, 6.07) is 3.78. The number of carbonyl (C=O) groups excluding carboxylic acids is 1. The summed E-state index contributed by atoms with van der Waals surface area (Å²) in [7, 11) is 0. The number of anilines is 1. The van der Waals surface area contributed by atoms with Gasteiger partial charge in [0.05, 0.1) is 17.3 Å². The Hall–Kier alpha value is -2.24. The van der Waals surface area contributed by atoms with E-state index in [4.69, 9.17) is 0 Å². The summed E-state index contributed by atoms with van der Waals surface area (Å²) >= 11 is 0. The third-order valence-electron chi connectivity index (χ3n) is 6.21. The Morgan fingerprint density at radius 2 is 1.67 bits per heavy atom. The van der Waals surface area contributed by atoms with Gasteiger partial charge in [0.15, 0.2) is 0 Å². The van der Waals surface area contributed by atoms with Crippen molar-refractivity contribution in [2.45, 2.75) is 38.5 Å². The van der Waals surface area contributed by atoms with Gasteiger partial charge in [0, 0.05) is 0 Å². The van der Waals surface area contributed by atoms with Gasteiger partial charge in [-0.3, -0.25) is 9.36 Å². The number of hydrogen-bond donors (Lipinski definition) is 1. The molecule has 2 aromatic heterocycles. The van der Waals surface area contributed by atoms with Crippen LogP contribution in [-0.4, -0.2) is 25.7 Å². The minimum Gasteiger partial charge on any atom is -0.324 e. The zero-order valence-corrected chi connectivity index (χ0v) is 13.6. The summed E-state index contributed by atoms with van der Waals surface area (Å²) < 4.78 is 1.74. The minimum atomic E-state index is -0.123. The van der Waals surface area contributed by atoms with E-state index < -0.39 is 0 Å². The van der Waals surface area contributed by atoms with Crippen molar-refractivity contribution in [1.82, 2.24) is 19.7 Å². The summed E-state index contributed by atoms with van der Waals surface area (Å²) in [6.07, 6.45) is 12.2. The number of aromatic nitrogens is 4. The number of nitrogens with zero attached hydrogens (tertiary/aromatic N) is 4. The van der Waals surface area contributed by atoms with E-state index in [0.29, 0.717) is 0 Å². The van der Waals surface area contributed by atoms with E-state index in [2.05, 4.69) is 20.5 Å². The summed E-state index contributed by atoms with van der Waals surface area (Å²) in [5.41, 5.74) is 0.648. The standard InChI is InChI=1S/C18H21N5O/c24-17(18-6-12-3-13(7-18)5-14(4-12)8-18)22-15-1-2-16(19-9-15)23-10-20-21-11-23/h1-2,9-14H,3-8H2,(H,22,24). The quantitative estimate of drug-likeness (QED) is 0.942. The van der Waals surface area contributed by atoms with E-state index in [1.54, 1.807) is 23.4 Å². The number of rotatable bonds is 3. The van der Waals surface area contributed by atoms with E-state index in [-0.39, 0.29) is 11.3 Å². The normalized spacial score (nSPS) is 33.6. The second kappa shape index (κ2) is 5.13. The zero-order valence-electron chi connectivity index (χ0n) is 13.6. The van der Waals surface area contributed by atoms with Crippen molar-refractivity contribution in [3.8, 4) is 5.82 Å². The number of nitrogens with one attached hydrogen (secondary N) is 1. The highest BCUT2D eigenvalue weighted by molar-refractivity contribution is 5.95. The fourth-order valence-electron chi connectivity index (χ4n) is 5.58. The zero-order chi connectivity index (χ0) is 16.1. The van der Waals surface area contributed by atoms with E-state index in [1.807, 2.05) is 12.1 Å². The second-order valence-corrected chi connectivity index (χ2v) is 7.93. The van der Waals surface area contributed by atoms with Gasteiger partial charge in [0.2, 0.25) is 5.91 Å². The van der Waals surface area contributed by atoms with Crippen molar-refractivity contribution in [2.75, 3.05) is 5.32 Å². The van der Waals surface area contributed by atoms with Crippen LogP contribution in [0.3, 0.4) is 0 Å². The fraction of sp³-hybridized carbons (Fsp3) is 0.556. The first-order valence-electron chi connectivity index (χ1n) is 8.83. The van der Waals surface area contributed by atoms with Gasteiger partial charge in [0.25, 0.3) is 0 Å². The van der Waals surface area contributed by atoms with Crippen molar-refractivity contribution in [3.63, 3.8) is 0 Å². The lowest BCUT2D eigenvalue weighted by Crippen LogP contribution is -2.51. The summed E-state index contributed by atoms with van der Waals surface area (Å²) in [6.45, 7) is 0. The summed E-state index contributed by atoms with van der Waals surface area (Å²) in [4.78, 5) is 17.4. The van der Waals surface area contributed by atoms with Gasteiger partial charge in [-0.25, -0.2) is 4.98 Å². The summed E-state index contributed by atoms with van der Waals surface area (Å²) in [5.74, 6) is 3.27. The van der Waals surface area contributed by atoms with Crippen LogP contribution in [0, 0.1) is 23.2 Å². The highest BCUT2D eigenvalue weighted by Gasteiger charge is 2.54. The minimum absolute atomic E-state index is 0.123. The van der Waals surface area contributed by atoms with E-state index >= 15 is 0 Å². The predicted octanol–water partition coefficient (Wildman–Crippen LogP) is 2.82. The molecule has 6 rings (SSSR count). The average Bonchev–Trinajstić information content (AvgIpc) is 3.09. The van der Waals surface area contributed by atoms with Gasteiger partial charge in [-0.2, -0.15) is 0 Å². The van der Waals surface area contributed by atoms with Crippen LogP contribution < -0.4 is 5.32 Å². The third kappa shape index (κ3) is 2.24. The molecule has 0 aliphatic heterocycles. The van der Waals surface area contributed by atoms with Crippen LogP contribution in [0.1, 0.15) is 38.5 Å². The lowest BCUT2D eigenvalue weighted by Gasteiger charge is -2.55. The van der Waals surface area contributed by atoms with Crippen molar-refractivity contribution in [2.24, 2.45) is 23.2 Å². The van der Waals surface area contributed by atoms with Crippen LogP contribution in [0.5, 0.6) is 0 Å². The lowest BCUT2D eigenvalue weighted by molar-refractivity contribution is -0.140. The Morgan fingerprint density at radius 1 is 1.04 bits per heavy atom. The van der Waals surface area contributed by atoms with Crippen LogP contribution in [0.25, 0.3) is 5.82 Å². The average molecular weight is 323 g/mol. The van der Waals surface area contributed by atoms with Crippen LogP contribution in [-0.2, 0) is 4.79 Å². The third-order valence-corrected chi connectivity index (χ3v) is 6.21. The molecule has 24 heavy (non-hydrogen) atoms. The molecule has 0 aromatic carbocycles. The van der Waals surface area contributed by atoms with E-state index in [9.17, 15) is 4.79 Å². The van der Waals surface area contributed by atoms with Crippen LogP contribution in [0.15, 0.2) is 31.0 Å². The Balaban J connectivity index is 1.33. The van der Waals surface area contributed by atoms with Gasteiger partial charge in [-0.15, -0.1) is 10.2 Å². The molecule has 6 nitrogen and oxygen atoms in total. The molecule has 0 unspecified atom stereocenters. The van der Waals surface area contributed by atoms with Gasteiger partial charge < -0.3 is 5.32 Å². The first-order chi connectivity index (χ1) is 11.7. The largest absolute Gasteiger partial charge is 0.324 e. The van der Waals surface area contributed by atoms with Gasteiger partial charge in [0.1, 0.15) is 18.5 Å². The Bertz CT molecular complexity index is 717. The molecular weight excluding hydrogens is 302 g/mol. The van der Waals surface area contributed by atoms with Crippen molar-refractivity contribution >= 4 is 11.6 Å². The maximum Gasteiger partial charge on any atom is 0.230 e. The molecule has 4 fully saturated rings. The number of carbonyl (C=O) groups is 1. The molecule has 2 heterocycles. The molecule has 1 amide bonds. The Labute approximate surface area is 140 Å². The maximum absolute atomic E-state index is 13.0. The number of amides is 1.